The van der Waals surface area contributed by atoms with Gasteiger partial charge in [0.25, 0.3) is 0 Å². The van der Waals surface area contributed by atoms with Crippen LogP contribution in [0.4, 0.5) is 0 Å². The summed E-state index contributed by atoms with van der Waals surface area (Å²) in [6.45, 7) is 4.29. The molecule has 1 aromatic heterocycles. The molecule has 2 aromatic rings. The molecule has 3 rings (SSSR count). The molecule has 0 fully saturated rings. The number of aromatic nitrogens is 1. The van der Waals surface area contributed by atoms with Crippen LogP contribution in [0.15, 0.2) is 42.6 Å². The van der Waals surface area contributed by atoms with Crippen LogP contribution in [0.5, 0.6) is 5.75 Å². The maximum absolute atomic E-state index is 5.80. The molecule has 0 atom stereocenters. The summed E-state index contributed by atoms with van der Waals surface area (Å²) in [6, 6.07) is 12.5. The predicted molar refractivity (Wildman–Crippen MR) is 83.1 cm³/mol. The van der Waals surface area contributed by atoms with Crippen LogP contribution in [0.3, 0.4) is 0 Å². The third-order valence-electron chi connectivity index (χ3n) is 3.68. The van der Waals surface area contributed by atoms with Gasteiger partial charge < -0.3 is 10.1 Å². The summed E-state index contributed by atoms with van der Waals surface area (Å²) < 4.78 is 5.80. The van der Waals surface area contributed by atoms with Crippen molar-refractivity contribution >= 4 is 0 Å². The molecule has 0 saturated heterocycles. The maximum Gasteiger partial charge on any atom is 0.123 e. The highest BCUT2D eigenvalue weighted by Gasteiger charge is 2.15. The van der Waals surface area contributed by atoms with Crippen molar-refractivity contribution in [2.75, 3.05) is 20.2 Å². The number of ether oxygens (including phenoxy) is 1. The first-order valence-corrected chi connectivity index (χ1v) is 7.36. The Balaban J connectivity index is 1.67. The van der Waals surface area contributed by atoms with Crippen molar-refractivity contribution < 1.29 is 4.74 Å². The van der Waals surface area contributed by atoms with Gasteiger partial charge in [-0.1, -0.05) is 24.3 Å². The Morgan fingerprint density at radius 2 is 2.14 bits per heavy atom. The summed E-state index contributed by atoms with van der Waals surface area (Å²) in [5, 5.41) is 3.14. The molecule has 110 valence electrons. The van der Waals surface area contributed by atoms with Crippen molar-refractivity contribution in [3.05, 3.63) is 59.4 Å². The number of benzene rings is 1. The highest BCUT2D eigenvalue weighted by molar-refractivity contribution is 5.33. The molecular weight excluding hydrogens is 262 g/mol. The molecule has 0 bridgehead atoms. The van der Waals surface area contributed by atoms with Gasteiger partial charge in [-0.3, -0.25) is 9.88 Å². The Kier molecular flexibility index (Phi) is 4.48. The summed E-state index contributed by atoms with van der Waals surface area (Å²) in [4.78, 5) is 6.94. The molecule has 21 heavy (non-hydrogen) atoms. The number of nitrogens with one attached hydrogen (secondary N) is 1. The van der Waals surface area contributed by atoms with E-state index < -0.39 is 0 Å². The van der Waals surface area contributed by atoms with E-state index in [1.807, 2.05) is 25.4 Å². The summed E-state index contributed by atoms with van der Waals surface area (Å²) in [5.41, 5.74) is 3.57. The van der Waals surface area contributed by atoms with Gasteiger partial charge in [0, 0.05) is 37.9 Å². The predicted octanol–water partition coefficient (Wildman–Crippen LogP) is 2.20. The van der Waals surface area contributed by atoms with Crippen molar-refractivity contribution in [3.8, 4) is 5.75 Å². The molecule has 4 heteroatoms. The zero-order valence-corrected chi connectivity index (χ0v) is 12.4. The van der Waals surface area contributed by atoms with Crippen LogP contribution in [-0.4, -0.2) is 30.1 Å². The average molecular weight is 283 g/mol. The fourth-order valence-corrected chi connectivity index (χ4v) is 2.60. The molecule has 2 heterocycles. The largest absolute Gasteiger partial charge is 0.492 e. The van der Waals surface area contributed by atoms with Gasteiger partial charge in [-0.15, -0.1) is 0 Å². The minimum absolute atomic E-state index is 0.731. The second kappa shape index (κ2) is 6.70. The van der Waals surface area contributed by atoms with Crippen molar-refractivity contribution in [1.29, 1.82) is 0 Å². The minimum Gasteiger partial charge on any atom is -0.492 e. The third kappa shape index (κ3) is 3.60. The van der Waals surface area contributed by atoms with Gasteiger partial charge in [0.1, 0.15) is 12.4 Å². The molecular formula is C17H21N3O. The van der Waals surface area contributed by atoms with Crippen LogP contribution in [-0.2, 0) is 19.6 Å². The quantitative estimate of drug-likeness (QED) is 0.933. The molecule has 1 aliphatic heterocycles. The minimum atomic E-state index is 0.731. The van der Waals surface area contributed by atoms with Crippen LogP contribution in [0.2, 0.25) is 0 Å². The summed E-state index contributed by atoms with van der Waals surface area (Å²) in [6.07, 6.45) is 1.95. The van der Waals surface area contributed by atoms with Crippen molar-refractivity contribution in [3.63, 3.8) is 0 Å². The second-order valence-electron chi connectivity index (χ2n) is 5.35. The second-order valence-corrected chi connectivity index (χ2v) is 5.35. The van der Waals surface area contributed by atoms with Crippen molar-refractivity contribution in [1.82, 2.24) is 15.2 Å². The highest BCUT2D eigenvalue weighted by atomic mass is 16.5. The lowest BCUT2D eigenvalue weighted by atomic mass is 10.2. The summed E-state index contributed by atoms with van der Waals surface area (Å²) in [7, 11) is 1.95. The monoisotopic (exact) mass is 283 g/mol. The first-order valence-electron chi connectivity index (χ1n) is 7.36. The molecule has 0 spiro atoms. The van der Waals surface area contributed by atoms with Crippen molar-refractivity contribution in [2.45, 2.75) is 19.6 Å². The normalized spacial score (nSPS) is 15.1. The van der Waals surface area contributed by atoms with E-state index in [0.29, 0.717) is 0 Å². The number of hydrogen-bond acceptors (Lipinski definition) is 4. The Labute approximate surface area is 125 Å². The molecule has 0 saturated carbocycles. The van der Waals surface area contributed by atoms with E-state index in [1.54, 1.807) is 0 Å². The number of para-hydroxylation sites is 1. The molecule has 4 nitrogen and oxygen atoms in total. The fourth-order valence-electron chi connectivity index (χ4n) is 2.60. The summed E-state index contributed by atoms with van der Waals surface area (Å²) >= 11 is 0. The molecule has 0 radical (unpaired) electrons. The lowest BCUT2D eigenvalue weighted by Gasteiger charge is -2.18. The topological polar surface area (TPSA) is 37.4 Å². The lowest BCUT2D eigenvalue weighted by Crippen LogP contribution is -2.25. The Hall–Kier alpha value is -1.91. The zero-order chi connectivity index (χ0) is 14.5. The molecule has 1 aromatic carbocycles. The maximum atomic E-state index is 5.80. The van der Waals surface area contributed by atoms with Gasteiger partial charge in [0.05, 0.1) is 5.69 Å². The Bertz CT molecular complexity index is 583. The summed E-state index contributed by atoms with van der Waals surface area (Å²) in [5.74, 6) is 1.01. The van der Waals surface area contributed by atoms with E-state index in [2.05, 4.69) is 39.5 Å². The van der Waals surface area contributed by atoms with Crippen LogP contribution >= 0.6 is 0 Å². The fraction of sp³-hybridized carbons (Fsp3) is 0.353. The zero-order valence-electron chi connectivity index (χ0n) is 12.4. The van der Waals surface area contributed by atoms with Gasteiger partial charge in [0.15, 0.2) is 0 Å². The van der Waals surface area contributed by atoms with Gasteiger partial charge in [-0.2, -0.15) is 0 Å². The van der Waals surface area contributed by atoms with Gasteiger partial charge in [0.2, 0.25) is 0 Å². The number of nitrogens with zero attached hydrogens (tertiary/aromatic N) is 2. The Morgan fingerprint density at radius 3 is 2.95 bits per heavy atom. The van der Waals surface area contributed by atoms with Crippen LogP contribution in [0.1, 0.15) is 16.8 Å². The highest BCUT2D eigenvalue weighted by Crippen LogP contribution is 2.23. The van der Waals surface area contributed by atoms with E-state index in [0.717, 1.165) is 44.2 Å². The number of hydrogen-bond donors (Lipinski definition) is 1. The first kappa shape index (κ1) is 14.0. The molecule has 0 amide bonds. The van der Waals surface area contributed by atoms with E-state index in [1.165, 1.54) is 11.1 Å². The molecule has 1 N–H and O–H groups in total. The molecule has 0 unspecified atom stereocenters. The first-order chi connectivity index (χ1) is 10.3. The van der Waals surface area contributed by atoms with E-state index in [4.69, 9.17) is 4.74 Å². The van der Waals surface area contributed by atoms with E-state index >= 15 is 0 Å². The van der Waals surface area contributed by atoms with Crippen LogP contribution in [0.25, 0.3) is 0 Å². The number of rotatable bonds is 4. The van der Waals surface area contributed by atoms with Crippen LogP contribution in [0, 0.1) is 0 Å². The third-order valence-corrected chi connectivity index (χ3v) is 3.68. The van der Waals surface area contributed by atoms with Gasteiger partial charge >= 0.3 is 0 Å². The average Bonchev–Trinajstić information content (AvgIpc) is 2.71. The number of fused-ring (bicyclic) bond motifs is 1. The SMILES string of the molecule is CNCc1ccc(CN2CCOc3ccccc3C2)nc1. The van der Waals surface area contributed by atoms with Crippen LogP contribution < -0.4 is 10.1 Å². The lowest BCUT2D eigenvalue weighted by molar-refractivity contribution is 0.218. The number of pyridine rings is 1. The molecule has 0 aliphatic carbocycles. The van der Waals surface area contributed by atoms with Gasteiger partial charge in [-0.25, -0.2) is 0 Å². The van der Waals surface area contributed by atoms with Crippen molar-refractivity contribution in [2.24, 2.45) is 0 Å². The Morgan fingerprint density at radius 1 is 1.24 bits per heavy atom. The van der Waals surface area contributed by atoms with E-state index in [9.17, 15) is 0 Å². The molecule has 1 aliphatic rings. The standard InChI is InChI=1S/C17H21N3O/c1-18-10-14-6-7-16(19-11-14)13-20-8-9-21-17-5-3-2-4-15(17)12-20/h2-7,11,18H,8-10,12-13H2,1H3. The van der Waals surface area contributed by atoms with E-state index in [-0.39, 0.29) is 0 Å². The van der Waals surface area contributed by atoms with Gasteiger partial charge in [-0.05, 0) is 24.7 Å². The smallest absolute Gasteiger partial charge is 0.123 e.